The van der Waals surface area contributed by atoms with Gasteiger partial charge in [0.1, 0.15) is 5.75 Å². The predicted octanol–water partition coefficient (Wildman–Crippen LogP) is 4.89. The molecule has 0 amide bonds. The van der Waals surface area contributed by atoms with Crippen molar-refractivity contribution in [3.63, 3.8) is 0 Å². The van der Waals surface area contributed by atoms with Crippen molar-refractivity contribution in [2.45, 2.75) is 25.0 Å². The summed E-state index contributed by atoms with van der Waals surface area (Å²) in [5, 5.41) is 11.0. The van der Waals surface area contributed by atoms with Crippen molar-refractivity contribution in [2.24, 2.45) is 0 Å². The third kappa shape index (κ3) is 2.07. The van der Waals surface area contributed by atoms with Gasteiger partial charge in [0.15, 0.2) is 0 Å². The van der Waals surface area contributed by atoms with Crippen LogP contribution in [0, 0.1) is 10.1 Å². The van der Waals surface area contributed by atoms with E-state index >= 15 is 0 Å². The first kappa shape index (κ1) is 16.1. The number of fused-ring (bicyclic) bond motifs is 2. The molecule has 1 spiro atoms. The van der Waals surface area contributed by atoms with Crippen molar-refractivity contribution >= 4 is 33.4 Å². The molecule has 2 aliphatic rings. The zero-order valence-electron chi connectivity index (χ0n) is 14.1. The molecule has 2 aliphatic heterocycles. The lowest BCUT2D eigenvalue weighted by molar-refractivity contribution is -0.384. The van der Waals surface area contributed by atoms with Gasteiger partial charge in [0.25, 0.3) is 5.69 Å². The monoisotopic (exact) mass is 400 g/mol. The van der Waals surface area contributed by atoms with Gasteiger partial charge in [-0.3, -0.25) is 10.1 Å². The lowest BCUT2D eigenvalue weighted by atomic mass is 9.76. The van der Waals surface area contributed by atoms with Crippen molar-refractivity contribution in [1.82, 2.24) is 0 Å². The number of hydrogen-bond acceptors (Lipinski definition) is 4. The molecule has 128 valence electrons. The number of halogens is 1. The summed E-state index contributed by atoms with van der Waals surface area (Å²) in [6.45, 7) is 4.31. The summed E-state index contributed by atoms with van der Waals surface area (Å²) in [5.74, 6) is 0.653. The third-order valence-electron chi connectivity index (χ3n) is 5.35. The molecular weight excluding hydrogens is 384 g/mol. The van der Waals surface area contributed by atoms with E-state index < -0.39 is 10.6 Å². The molecule has 4 rings (SSSR count). The van der Waals surface area contributed by atoms with Gasteiger partial charge in [-0.1, -0.05) is 15.9 Å². The highest BCUT2D eigenvalue weighted by Gasteiger charge is 2.57. The molecule has 2 aromatic rings. The van der Waals surface area contributed by atoms with Gasteiger partial charge in [0.05, 0.1) is 10.3 Å². The summed E-state index contributed by atoms with van der Waals surface area (Å²) in [4.78, 5) is 12.7. The number of nitro groups is 1. The van der Waals surface area contributed by atoms with Crippen molar-refractivity contribution in [2.75, 3.05) is 11.9 Å². The quantitative estimate of drug-likeness (QED) is 0.505. The van der Waals surface area contributed by atoms with Crippen LogP contribution in [0.3, 0.4) is 0 Å². The minimum Gasteiger partial charge on any atom is -0.463 e. The van der Waals surface area contributed by atoms with Crippen LogP contribution in [0.5, 0.6) is 5.75 Å². The Morgan fingerprint density at radius 1 is 1.20 bits per heavy atom. The number of non-ortho nitro benzene ring substituents is 1. The van der Waals surface area contributed by atoms with Gasteiger partial charge in [-0.05, 0) is 55.8 Å². The maximum atomic E-state index is 11.0. The van der Waals surface area contributed by atoms with Gasteiger partial charge in [-0.2, -0.15) is 0 Å². The van der Waals surface area contributed by atoms with Crippen LogP contribution in [0.15, 0.2) is 46.9 Å². The van der Waals surface area contributed by atoms with Gasteiger partial charge < -0.3 is 9.64 Å². The van der Waals surface area contributed by atoms with E-state index in [1.54, 1.807) is 12.1 Å². The molecule has 2 aromatic carbocycles. The molecule has 0 saturated heterocycles. The lowest BCUT2D eigenvalue weighted by Crippen LogP contribution is -2.58. The second kappa shape index (κ2) is 5.08. The normalized spacial score (nSPS) is 22.5. The number of ether oxygens (including phenoxy) is 1. The molecule has 1 unspecified atom stereocenters. The molecule has 2 heterocycles. The Morgan fingerprint density at radius 2 is 1.96 bits per heavy atom. The Bertz CT molecular complexity index is 938. The van der Waals surface area contributed by atoms with Crippen molar-refractivity contribution in [1.29, 1.82) is 0 Å². The minimum atomic E-state index is -0.681. The number of benzene rings is 2. The van der Waals surface area contributed by atoms with E-state index in [0.29, 0.717) is 5.75 Å². The maximum Gasteiger partial charge on any atom is 0.270 e. The Balaban J connectivity index is 1.85. The van der Waals surface area contributed by atoms with Crippen LogP contribution in [0.2, 0.25) is 0 Å². The Labute approximate surface area is 154 Å². The van der Waals surface area contributed by atoms with Crippen LogP contribution in [0.25, 0.3) is 6.08 Å². The second-order valence-electron chi connectivity index (χ2n) is 6.96. The standard InChI is InChI=1S/C19H17BrN2O3/c1-18(2)15-11-13(20)4-6-16(15)21(3)19(18)9-8-12-10-14(22(23)24)5-7-17(12)25-19/h4-11H,1-3H3. The zero-order chi connectivity index (χ0) is 18.0. The fourth-order valence-electron chi connectivity index (χ4n) is 3.89. The smallest absolute Gasteiger partial charge is 0.270 e. The molecule has 0 radical (unpaired) electrons. The van der Waals surface area contributed by atoms with Crippen LogP contribution in [0.4, 0.5) is 11.4 Å². The molecular formula is C19H17BrN2O3. The minimum absolute atomic E-state index is 0.0641. The topological polar surface area (TPSA) is 55.6 Å². The first-order valence-electron chi connectivity index (χ1n) is 7.97. The highest BCUT2D eigenvalue weighted by molar-refractivity contribution is 9.10. The SMILES string of the molecule is CN1c2ccc(Br)cc2C(C)(C)C12C=Cc1cc([N+](=O)[O-])ccc1O2. The number of anilines is 1. The number of nitrogens with zero attached hydrogens (tertiary/aromatic N) is 2. The molecule has 25 heavy (non-hydrogen) atoms. The maximum absolute atomic E-state index is 11.0. The molecule has 0 fully saturated rings. The van der Waals surface area contributed by atoms with Crippen LogP contribution in [-0.4, -0.2) is 17.7 Å². The highest BCUT2D eigenvalue weighted by Crippen LogP contribution is 2.54. The highest BCUT2D eigenvalue weighted by atomic mass is 79.9. The van der Waals surface area contributed by atoms with E-state index in [0.717, 1.165) is 15.7 Å². The van der Waals surface area contributed by atoms with E-state index in [1.807, 2.05) is 25.3 Å². The summed E-state index contributed by atoms with van der Waals surface area (Å²) in [6.07, 6.45) is 3.93. The van der Waals surface area contributed by atoms with Crippen molar-refractivity contribution in [3.8, 4) is 5.75 Å². The second-order valence-corrected chi connectivity index (χ2v) is 7.87. The Hall–Kier alpha value is -2.34. The molecule has 6 heteroatoms. The molecule has 0 saturated carbocycles. The fraction of sp³-hybridized carbons (Fsp3) is 0.263. The van der Waals surface area contributed by atoms with E-state index in [9.17, 15) is 10.1 Å². The molecule has 0 aliphatic carbocycles. The van der Waals surface area contributed by atoms with Gasteiger partial charge in [-0.25, -0.2) is 0 Å². The average Bonchev–Trinajstić information content (AvgIpc) is 2.73. The summed E-state index contributed by atoms with van der Waals surface area (Å²) < 4.78 is 7.49. The lowest BCUT2D eigenvalue weighted by Gasteiger charge is -2.45. The van der Waals surface area contributed by atoms with E-state index in [1.165, 1.54) is 11.6 Å². The fourth-order valence-corrected chi connectivity index (χ4v) is 4.25. The molecule has 0 aromatic heterocycles. The van der Waals surface area contributed by atoms with E-state index in [-0.39, 0.29) is 11.1 Å². The van der Waals surface area contributed by atoms with Crippen LogP contribution < -0.4 is 9.64 Å². The number of nitro benzene ring substituents is 1. The first-order chi connectivity index (χ1) is 11.8. The number of hydrogen-bond donors (Lipinski definition) is 0. The van der Waals surface area contributed by atoms with Crippen LogP contribution >= 0.6 is 15.9 Å². The number of rotatable bonds is 1. The summed E-state index contributed by atoms with van der Waals surface area (Å²) in [5.41, 5.74) is 2.11. The third-order valence-corrected chi connectivity index (χ3v) is 5.84. The van der Waals surface area contributed by atoms with Gasteiger partial charge in [-0.15, -0.1) is 0 Å². The van der Waals surface area contributed by atoms with Gasteiger partial charge in [0, 0.05) is 34.9 Å². The molecule has 0 N–H and O–H groups in total. The predicted molar refractivity (Wildman–Crippen MR) is 101 cm³/mol. The Kier molecular flexibility index (Phi) is 3.28. The van der Waals surface area contributed by atoms with Crippen molar-refractivity contribution < 1.29 is 9.66 Å². The first-order valence-corrected chi connectivity index (χ1v) is 8.76. The van der Waals surface area contributed by atoms with Crippen molar-refractivity contribution in [3.05, 3.63) is 68.2 Å². The zero-order valence-corrected chi connectivity index (χ0v) is 15.7. The van der Waals surface area contributed by atoms with Crippen LogP contribution in [0.1, 0.15) is 25.0 Å². The summed E-state index contributed by atoms with van der Waals surface area (Å²) in [7, 11) is 2.02. The van der Waals surface area contributed by atoms with E-state index in [2.05, 4.69) is 46.8 Å². The largest absolute Gasteiger partial charge is 0.463 e. The van der Waals surface area contributed by atoms with Gasteiger partial charge in [0.2, 0.25) is 5.72 Å². The summed E-state index contributed by atoms with van der Waals surface area (Å²) in [6, 6.07) is 10.9. The van der Waals surface area contributed by atoms with E-state index in [4.69, 9.17) is 4.74 Å². The molecule has 5 nitrogen and oxygen atoms in total. The molecule has 1 atom stereocenters. The Morgan fingerprint density at radius 3 is 2.68 bits per heavy atom. The summed E-state index contributed by atoms with van der Waals surface area (Å²) >= 11 is 3.56. The molecule has 0 bridgehead atoms. The van der Waals surface area contributed by atoms with Crippen LogP contribution in [-0.2, 0) is 5.41 Å². The average molecular weight is 401 g/mol. The number of likely N-dealkylation sites (N-methyl/N-ethyl adjacent to an activating group) is 1. The van der Waals surface area contributed by atoms with Gasteiger partial charge >= 0.3 is 0 Å².